The normalized spacial score (nSPS) is 9.43. The summed E-state index contributed by atoms with van der Waals surface area (Å²) in [5.74, 6) is 0.498. The van der Waals surface area contributed by atoms with Crippen LogP contribution in [0.4, 0.5) is 4.39 Å². The molecule has 0 aliphatic heterocycles. The molecule has 0 aromatic carbocycles. The molecular weight excluding hydrogens is 97.0 g/mol. The summed E-state index contributed by atoms with van der Waals surface area (Å²) in [6, 6.07) is 0. The molecule has 7 heavy (non-hydrogen) atoms. The Morgan fingerprint density at radius 3 is 2.71 bits per heavy atom. The van der Waals surface area contributed by atoms with Crippen LogP contribution < -0.4 is 0 Å². The molecule has 1 aromatic rings. The minimum Gasteiger partial charge on any atom is -0.420 e. The summed E-state index contributed by atoms with van der Waals surface area (Å²) in [6.07, 6.45) is 0.563. The highest BCUT2D eigenvalue weighted by Gasteiger charge is 1.92. The van der Waals surface area contributed by atoms with Crippen molar-refractivity contribution in [1.82, 2.24) is 4.98 Å². The van der Waals surface area contributed by atoms with Gasteiger partial charge in [-0.05, 0) is 6.92 Å². The zero-order chi connectivity index (χ0) is 5.28. The van der Waals surface area contributed by atoms with Gasteiger partial charge in [-0.25, -0.2) is 0 Å². The second-order valence-electron chi connectivity index (χ2n) is 1.22. The number of nitrogens with zero attached hydrogens (tertiary/aromatic N) is 1. The summed E-state index contributed by atoms with van der Waals surface area (Å²) in [5.41, 5.74) is 0. The van der Waals surface area contributed by atoms with Crippen LogP contribution in [0.1, 0.15) is 5.76 Å². The molecule has 0 saturated carbocycles. The molecule has 0 aliphatic carbocycles. The van der Waals surface area contributed by atoms with Crippen molar-refractivity contribution in [2.45, 2.75) is 6.92 Å². The van der Waals surface area contributed by atoms with Crippen LogP contribution in [-0.2, 0) is 0 Å². The SMILES string of the molecule is Cc1cnc(F)o1. The molecule has 1 heterocycles. The molecule has 1 rings (SSSR count). The van der Waals surface area contributed by atoms with Gasteiger partial charge in [-0.15, -0.1) is 4.39 Å². The molecule has 0 fully saturated rings. The van der Waals surface area contributed by atoms with Gasteiger partial charge in [0.1, 0.15) is 5.76 Å². The number of hydrogen-bond donors (Lipinski definition) is 0. The van der Waals surface area contributed by atoms with Crippen molar-refractivity contribution in [1.29, 1.82) is 0 Å². The Hall–Kier alpha value is -0.860. The number of halogens is 1. The zero-order valence-electron chi connectivity index (χ0n) is 3.81. The molecule has 3 heteroatoms. The molecule has 0 aliphatic rings. The second-order valence-corrected chi connectivity index (χ2v) is 1.22. The fraction of sp³-hybridized carbons (Fsp3) is 0.250. The van der Waals surface area contributed by atoms with E-state index < -0.39 is 6.14 Å². The number of rotatable bonds is 0. The van der Waals surface area contributed by atoms with E-state index in [4.69, 9.17) is 0 Å². The van der Waals surface area contributed by atoms with E-state index in [2.05, 4.69) is 9.40 Å². The van der Waals surface area contributed by atoms with E-state index in [1.807, 2.05) is 0 Å². The molecule has 0 spiro atoms. The lowest BCUT2D eigenvalue weighted by Crippen LogP contribution is -1.61. The molecular formula is C4H4FNO. The van der Waals surface area contributed by atoms with Gasteiger partial charge in [0.05, 0.1) is 6.20 Å². The Labute approximate surface area is 40.0 Å². The maximum absolute atomic E-state index is 11.6. The van der Waals surface area contributed by atoms with Crippen molar-refractivity contribution in [3.05, 3.63) is 18.1 Å². The van der Waals surface area contributed by atoms with Gasteiger partial charge in [0.15, 0.2) is 0 Å². The molecule has 0 unspecified atom stereocenters. The molecule has 0 amide bonds. The number of aromatic nitrogens is 1. The minimum atomic E-state index is -0.766. The first-order valence-electron chi connectivity index (χ1n) is 1.87. The molecule has 1 aromatic heterocycles. The van der Waals surface area contributed by atoms with E-state index >= 15 is 0 Å². The van der Waals surface area contributed by atoms with E-state index in [-0.39, 0.29) is 0 Å². The smallest absolute Gasteiger partial charge is 0.381 e. The van der Waals surface area contributed by atoms with Crippen molar-refractivity contribution in [2.24, 2.45) is 0 Å². The largest absolute Gasteiger partial charge is 0.420 e. The summed E-state index contributed by atoms with van der Waals surface area (Å²) in [5, 5.41) is 0. The first kappa shape index (κ1) is 4.30. The highest BCUT2D eigenvalue weighted by Crippen LogP contribution is 1.96. The van der Waals surface area contributed by atoms with E-state index in [1.54, 1.807) is 6.92 Å². The summed E-state index contributed by atoms with van der Waals surface area (Å²) in [4.78, 5) is 3.18. The summed E-state index contributed by atoms with van der Waals surface area (Å²) in [6.45, 7) is 1.64. The Bertz CT molecular complexity index is 144. The molecule has 0 saturated heterocycles. The monoisotopic (exact) mass is 101 g/mol. The van der Waals surface area contributed by atoms with Crippen LogP contribution in [0.2, 0.25) is 0 Å². The van der Waals surface area contributed by atoms with Crippen molar-refractivity contribution in [3.8, 4) is 0 Å². The summed E-state index contributed by atoms with van der Waals surface area (Å²) in [7, 11) is 0. The molecule has 38 valence electrons. The van der Waals surface area contributed by atoms with Gasteiger partial charge in [-0.1, -0.05) is 0 Å². The predicted molar refractivity (Wildman–Crippen MR) is 21.2 cm³/mol. The quantitative estimate of drug-likeness (QED) is 0.489. The zero-order valence-corrected chi connectivity index (χ0v) is 3.81. The summed E-state index contributed by atoms with van der Waals surface area (Å²) >= 11 is 0. The highest BCUT2D eigenvalue weighted by atomic mass is 19.1. The fourth-order valence-electron chi connectivity index (χ4n) is 0.327. The van der Waals surface area contributed by atoms with Crippen LogP contribution >= 0.6 is 0 Å². The van der Waals surface area contributed by atoms with Gasteiger partial charge in [-0.3, -0.25) is 0 Å². The molecule has 2 nitrogen and oxygen atoms in total. The Balaban J connectivity index is 3.04. The van der Waals surface area contributed by atoms with Crippen LogP contribution in [0.15, 0.2) is 10.6 Å². The standard InChI is InChI=1S/C4H4FNO/c1-3-2-6-4(5)7-3/h2H,1H3. The average Bonchev–Trinajstić information content (AvgIpc) is 1.87. The first-order chi connectivity index (χ1) is 3.29. The second kappa shape index (κ2) is 1.33. The molecule has 0 atom stereocenters. The minimum absolute atomic E-state index is 0.498. The molecule has 0 radical (unpaired) electrons. The average molecular weight is 101 g/mol. The molecule has 0 bridgehead atoms. The lowest BCUT2D eigenvalue weighted by molar-refractivity contribution is 0.325. The molecule has 0 N–H and O–H groups in total. The van der Waals surface area contributed by atoms with Crippen LogP contribution in [0.25, 0.3) is 0 Å². The third kappa shape index (κ3) is 0.765. The van der Waals surface area contributed by atoms with Crippen LogP contribution in [0, 0.1) is 13.1 Å². The fourth-order valence-corrected chi connectivity index (χ4v) is 0.327. The predicted octanol–water partition coefficient (Wildman–Crippen LogP) is 1.12. The third-order valence-electron chi connectivity index (χ3n) is 0.593. The topological polar surface area (TPSA) is 26.0 Å². The van der Waals surface area contributed by atoms with E-state index in [0.717, 1.165) is 0 Å². The van der Waals surface area contributed by atoms with Crippen molar-refractivity contribution in [3.63, 3.8) is 0 Å². The van der Waals surface area contributed by atoms with Gasteiger partial charge < -0.3 is 4.42 Å². The van der Waals surface area contributed by atoms with E-state index in [0.29, 0.717) is 5.76 Å². The maximum Gasteiger partial charge on any atom is 0.381 e. The van der Waals surface area contributed by atoms with Gasteiger partial charge in [0.2, 0.25) is 0 Å². The first-order valence-corrected chi connectivity index (χ1v) is 1.87. The Kier molecular flexibility index (Phi) is 0.817. The van der Waals surface area contributed by atoms with Crippen molar-refractivity contribution >= 4 is 0 Å². The van der Waals surface area contributed by atoms with E-state index in [1.165, 1.54) is 6.20 Å². The summed E-state index contributed by atoms with van der Waals surface area (Å²) < 4.78 is 16.0. The Morgan fingerprint density at radius 2 is 2.57 bits per heavy atom. The maximum atomic E-state index is 11.6. The van der Waals surface area contributed by atoms with Gasteiger partial charge >= 0.3 is 6.14 Å². The van der Waals surface area contributed by atoms with Gasteiger partial charge in [0.25, 0.3) is 0 Å². The van der Waals surface area contributed by atoms with Crippen LogP contribution in [0.5, 0.6) is 0 Å². The van der Waals surface area contributed by atoms with Crippen LogP contribution in [0.3, 0.4) is 0 Å². The highest BCUT2D eigenvalue weighted by molar-refractivity contribution is 4.82. The Morgan fingerprint density at radius 1 is 1.86 bits per heavy atom. The van der Waals surface area contributed by atoms with Crippen LogP contribution in [-0.4, -0.2) is 4.98 Å². The lowest BCUT2D eigenvalue weighted by atomic mass is 10.6. The van der Waals surface area contributed by atoms with Gasteiger partial charge in [0, 0.05) is 0 Å². The number of hydrogen-bond acceptors (Lipinski definition) is 2. The van der Waals surface area contributed by atoms with E-state index in [9.17, 15) is 4.39 Å². The number of oxazole rings is 1. The van der Waals surface area contributed by atoms with Gasteiger partial charge in [-0.2, -0.15) is 4.98 Å². The number of aryl methyl sites for hydroxylation is 1. The lowest BCUT2D eigenvalue weighted by Gasteiger charge is -1.69. The van der Waals surface area contributed by atoms with Crippen molar-refractivity contribution < 1.29 is 8.81 Å². The van der Waals surface area contributed by atoms with Crippen molar-refractivity contribution in [2.75, 3.05) is 0 Å². The third-order valence-corrected chi connectivity index (χ3v) is 0.593.